The molecule has 0 amide bonds. The third-order valence-corrected chi connectivity index (χ3v) is 6.76. The molecule has 1 nitrogen and oxygen atoms in total. The van der Waals surface area contributed by atoms with E-state index in [-0.39, 0.29) is 12.5 Å². The lowest BCUT2D eigenvalue weighted by Gasteiger charge is -2.35. The van der Waals surface area contributed by atoms with Gasteiger partial charge >= 0.3 is 6.18 Å². The maximum absolute atomic E-state index is 12.0. The van der Waals surface area contributed by atoms with Crippen LogP contribution in [0.25, 0.3) is 0 Å². The van der Waals surface area contributed by atoms with Gasteiger partial charge in [0.2, 0.25) is 0 Å². The van der Waals surface area contributed by atoms with Gasteiger partial charge in [-0.05, 0) is 38.4 Å². The summed E-state index contributed by atoms with van der Waals surface area (Å²) in [4.78, 5) is 0. The van der Waals surface area contributed by atoms with E-state index in [1.165, 1.54) is 0 Å². The van der Waals surface area contributed by atoms with Gasteiger partial charge in [-0.1, -0.05) is 6.42 Å². The first-order valence-corrected chi connectivity index (χ1v) is 8.38. The third kappa shape index (κ3) is 5.02. The lowest BCUT2D eigenvalue weighted by atomic mass is 10.2. The summed E-state index contributed by atoms with van der Waals surface area (Å²) in [6.07, 6.45) is -2.00. The van der Waals surface area contributed by atoms with Crippen molar-refractivity contribution in [3.05, 3.63) is 0 Å². The highest BCUT2D eigenvalue weighted by Gasteiger charge is 2.35. The Hall–Kier alpha value is -0.0331. The highest BCUT2D eigenvalue weighted by atomic mass is 28.4. The second-order valence-electron chi connectivity index (χ2n) is 4.74. The molecule has 0 aromatic rings. The van der Waals surface area contributed by atoms with E-state index in [1.807, 2.05) is 6.92 Å². The average molecular weight is 240 g/mol. The quantitative estimate of drug-likeness (QED) is 0.675. The molecule has 0 aliphatic carbocycles. The predicted octanol–water partition coefficient (Wildman–Crippen LogP) is 4.10. The Balaban J connectivity index is 2.30. The molecule has 1 saturated heterocycles. The molecule has 15 heavy (non-hydrogen) atoms. The standard InChI is InChI=1S/C10H19F3OSi/c1-9-5-3-7-15(2,14-9)8-4-6-10(11,12)13/h9H,3-8H2,1-2H3. The van der Waals surface area contributed by atoms with Gasteiger partial charge in [-0.3, -0.25) is 0 Å². The Morgan fingerprint density at radius 1 is 1.40 bits per heavy atom. The number of hydrogen-bond acceptors (Lipinski definition) is 1. The molecule has 0 spiro atoms. The van der Waals surface area contributed by atoms with Crippen LogP contribution >= 0.6 is 0 Å². The molecule has 1 heterocycles. The number of hydrogen-bond donors (Lipinski definition) is 0. The largest absolute Gasteiger partial charge is 0.414 e. The maximum Gasteiger partial charge on any atom is 0.389 e. The molecule has 0 N–H and O–H groups in total. The van der Waals surface area contributed by atoms with Gasteiger partial charge in [0.1, 0.15) is 0 Å². The first-order valence-electron chi connectivity index (χ1n) is 5.55. The predicted molar refractivity (Wildman–Crippen MR) is 56.3 cm³/mol. The minimum absolute atomic E-state index is 0.235. The van der Waals surface area contributed by atoms with Gasteiger partial charge < -0.3 is 4.43 Å². The van der Waals surface area contributed by atoms with E-state index in [4.69, 9.17) is 4.43 Å². The van der Waals surface area contributed by atoms with E-state index in [0.29, 0.717) is 6.04 Å². The molecule has 1 aliphatic rings. The monoisotopic (exact) mass is 240 g/mol. The van der Waals surface area contributed by atoms with Crippen LogP contribution in [-0.2, 0) is 4.43 Å². The van der Waals surface area contributed by atoms with Gasteiger partial charge in [0.05, 0.1) is 0 Å². The number of halogens is 3. The molecular formula is C10H19F3OSi. The van der Waals surface area contributed by atoms with Crippen LogP contribution in [-0.4, -0.2) is 20.6 Å². The van der Waals surface area contributed by atoms with E-state index in [1.54, 1.807) is 0 Å². The fourth-order valence-electron chi connectivity index (χ4n) is 2.21. The number of alkyl halides is 3. The molecule has 2 atom stereocenters. The summed E-state index contributed by atoms with van der Waals surface area (Å²) < 4.78 is 41.8. The number of rotatable bonds is 3. The minimum atomic E-state index is -4.01. The van der Waals surface area contributed by atoms with E-state index >= 15 is 0 Å². The summed E-state index contributed by atoms with van der Waals surface area (Å²) in [5.74, 6) is 0. The molecule has 5 heteroatoms. The van der Waals surface area contributed by atoms with Crippen LogP contribution in [0.5, 0.6) is 0 Å². The zero-order valence-corrected chi connectivity index (χ0v) is 10.4. The Kier molecular flexibility index (Phi) is 4.23. The van der Waals surface area contributed by atoms with Crippen LogP contribution in [0.1, 0.15) is 32.6 Å². The summed E-state index contributed by atoms with van der Waals surface area (Å²) in [5.41, 5.74) is 0. The van der Waals surface area contributed by atoms with E-state index in [9.17, 15) is 13.2 Å². The first kappa shape index (κ1) is 13.0. The van der Waals surface area contributed by atoms with E-state index in [0.717, 1.165) is 18.9 Å². The second kappa shape index (κ2) is 4.87. The zero-order valence-electron chi connectivity index (χ0n) is 9.36. The zero-order chi connectivity index (χ0) is 11.5. The molecule has 0 saturated carbocycles. The van der Waals surface area contributed by atoms with Crippen molar-refractivity contribution in [3.63, 3.8) is 0 Å². The van der Waals surface area contributed by atoms with Gasteiger partial charge in [-0.25, -0.2) is 0 Å². The average Bonchev–Trinajstić information content (AvgIpc) is 1.99. The fraction of sp³-hybridized carbons (Fsp3) is 1.00. The molecule has 0 bridgehead atoms. The van der Waals surface area contributed by atoms with Crippen LogP contribution in [0.4, 0.5) is 13.2 Å². The van der Waals surface area contributed by atoms with Gasteiger partial charge in [-0.2, -0.15) is 13.2 Å². The molecule has 2 unspecified atom stereocenters. The fourth-order valence-corrected chi connectivity index (χ4v) is 5.67. The van der Waals surface area contributed by atoms with Gasteiger partial charge in [-0.15, -0.1) is 0 Å². The van der Waals surface area contributed by atoms with Crippen LogP contribution in [0.2, 0.25) is 18.6 Å². The Morgan fingerprint density at radius 2 is 2.07 bits per heavy atom. The molecular weight excluding hydrogens is 221 g/mol. The smallest absolute Gasteiger partial charge is 0.389 e. The lowest BCUT2D eigenvalue weighted by molar-refractivity contribution is -0.134. The van der Waals surface area contributed by atoms with Gasteiger partial charge in [0, 0.05) is 12.5 Å². The highest BCUT2D eigenvalue weighted by molar-refractivity contribution is 6.72. The van der Waals surface area contributed by atoms with E-state index < -0.39 is 20.9 Å². The van der Waals surface area contributed by atoms with Crippen LogP contribution < -0.4 is 0 Å². The highest BCUT2D eigenvalue weighted by Crippen LogP contribution is 2.32. The summed E-state index contributed by atoms with van der Waals surface area (Å²) in [6.45, 7) is 4.09. The summed E-state index contributed by atoms with van der Waals surface area (Å²) in [7, 11) is -1.80. The third-order valence-electron chi connectivity index (χ3n) is 2.97. The van der Waals surface area contributed by atoms with Crippen molar-refractivity contribution in [3.8, 4) is 0 Å². The van der Waals surface area contributed by atoms with Crippen LogP contribution in [0, 0.1) is 0 Å². The maximum atomic E-state index is 12.0. The summed E-state index contributed by atoms with van der Waals surface area (Å²) >= 11 is 0. The molecule has 1 aliphatic heterocycles. The van der Waals surface area contributed by atoms with E-state index in [2.05, 4.69) is 6.55 Å². The molecule has 0 radical (unpaired) electrons. The lowest BCUT2D eigenvalue weighted by Crippen LogP contribution is -2.41. The van der Waals surface area contributed by atoms with Crippen LogP contribution in [0.15, 0.2) is 0 Å². The Bertz CT molecular complexity index is 207. The molecule has 1 rings (SSSR count). The Labute approximate surface area is 90.1 Å². The first-order chi connectivity index (χ1) is 6.81. The van der Waals surface area contributed by atoms with Gasteiger partial charge in [0.25, 0.3) is 0 Å². The minimum Gasteiger partial charge on any atom is -0.414 e. The van der Waals surface area contributed by atoms with Crippen molar-refractivity contribution in [1.82, 2.24) is 0 Å². The molecule has 0 aromatic carbocycles. The van der Waals surface area contributed by atoms with Crippen molar-refractivity contribution in [2.24, 2.45) is 0 Å². The molecule has 0 aromatic heterocycles. The van der Waals surface area contributed by atoms with Crippen molar-refractivity contribution >= 4 is 8.32 Å². The topological polar surface area (TPSA) is 9.23 Å². The van der Waals surface area contributed by atoms with Crippen molar-refractivity contribution in [1.29, 1.82) is 0 Å². The van der Waals surface area contributed by atoms with Crippen molar-refractivity contribution in [2.45, 2.75) is 63.5 Å². The normalized spacial score (nSPS) is 33.0. The molecule has 90 valence electrons. The summed E-state index contributed by atoms with van der Waals surface area (Å²) in [5, 5.41) is 0. The second-order valence-corrected chi connectivity index (χ2v) is 8.87. The van der Waals surface area contributed by atoms with Crippen molar-refractivity contribution < 1.29 is 17.6 Å². The van der Waals surface area contributed by atoms with Crippen LogP contribution in [0.3, 0.4) is 0 Å². The SMILES string of the molecule is CC1CCC[Si](C)(CCCC(F)(F)F)O1. The Morgan fingerprint density at radius 3 is 2.60 bits per heavy atom. The summed E-state index contributed by atoms with van der Waals surface area (Å²) in [6, 6.07) is 1.67. The molecule has 1 fully saturated rings. The van der Waals surface area contributed by atoms with Gasteiger partial charge in [0.15, 0.2) is 8.32 Å². The van der Waals surface area contributed by atoms with Crippen molar-refractivity contribution in [2.75, 3.05) is 0 Å².